The third-order valence-corrected chi connectivity index (χ3v) is 4.70. The van der Waals surface area contributed by atoms with Crippen molar-refractivity contribution in [2.75, 3.05) is 13.1 Å². The van der Waals surface area contributed by atoms with E-state index in [0.29, 0.717) is 25.9 Å². The van der Waals surface area contributed by atoms with E-state index in [-0.39, 0.29) is 17.4 Å². The fourth-order valence-electron chi connectivity index (χ4n) is 3.29. The summed E-state index contributed by atoms with van der Waals surface area (Å²) in [5, 5.41) is 13.3. The quantitative estimate of drug-likeness (QED) is 0.818. The van der Waals surface area contributed by atoms with Crippen molar-refractivity contribution in [1.29, 1.82) is 5.26 Å². The maximum Gasteiger partial charge on any atom is 0.267 e. The molecule has 0 unspecified atom stereocenters. The SMILES string of the molecule is C[C@H](C(=O)N1CCC(C#N)CC1)n1nc2c(cc1=O)CCC2. The van der Waals surface area contributed by atoms with Crippen LogP contribution in [-0.4, -0.2) is 33.7 Å². The largest absolute Gasteiger partial charge is 0.341 e. The van der Waals surface area contributed by atoms with Crippen LogP contribution in [0.2, 0.25) is 0 Å². The molecule has 0 radical (unpaired) electrons. The van der Waals surface area contributed by atoms with Crippen LogP contribution in [0.15, 0.2) is 10.9 Å². The van der Waals surface area contributed by atoms with Gasteiger partial charge in [0.1, 0.15) is 6.04 Å². The molecule has 1 aliphatic carbocycles. The van der Waals surface area contributed by atoms with Crippen LogP contribution in [0.4, 0.5) is 0 Å². The summed E-state index contributed by atoms with van der Waals surface area (Å²) in [4.78, 5) is 26.5. The number of nitriles is 1. The van der Waals surface area contributed by atoms with Gasteiger partial charge in [-0.25, -0.2) is 4.68 Å². The Kier molecular flexibility index (Phi) is 3.97. The molecule has 1 aromatic rings. The Labute approximate surface area is 129 Å². The number of rotatable bonds is 2. The lowest BCUT2D eigenvalue weighted by Gasteiger charge is -2.31. The van der Waals surface area contributed by atoms with Crippen molar-refractivity contribution in [3.05, 3.63) is 27.7 Å². The molecule has 0 spiro atoms. The minimum atomic E-state index is -0.586. The van der Waals surface area contributed by atoms with Gasteiger partial charge in [-0.3, -0.25) is 9.59 Å². The van der Waals surface area contributed by atoms with Gasteiger partial charge < -0.3 is 4.90 Å². The number of carbonyl (C=O) groups is 1. The minimum absolute atomic E-state index is 0.0419. The Morgan fingerprint density at radius 1 is 1.41 bits per heavy atom. The topological polar surface area (TPSA) is 79.0 Å². The summed E-state index contributed by atoms with van der Waals surface area (Å²) >= 11 is 0. The molecule has 1 aromatic heterocycles. The summed E-state index contributed by atoms with van der Waals surface area (Å²) in [6.45, 7) is 2.90. The Bertz CT molecular complexity index is 680. The van der Waals surface area contributed by atoms with Crippen LogP contribution in [0.5, 0.6) is 0 Å². The number of carbonyl (C=O) groups excluding carboxylic acids is 1. The lowest BCUT2D eigenvalue weighted by Crippen LogP contribution is -2.44. The Morgan fingerprint density at radius 2 is 2.14 bits per heavy atom. The lowest BCUT2D eigenvalue weighted by atomic mass is 9.98. The Balaban J connectivity index is 1.77. The molecule has 1 aliphatic heterocycles. The number of aryl methyl sites for hydroxylation is 2. The molecule has 6 heteroatoms. The van der Waals surface area contributed by atoms with Crippen molar-refractivity contribution < 1.29 is 4.79 Å². The summed E-state index contributed by atoms with van der Waals surface area (Å²) in [6.07, 6.45) is 4.23. The number of amides is 1. The summed E-state index contributed by atoms with van der Waals surface area (Å²) in [7, 11) is 0. The van der Waals surface area contributed by atoms with E-state index >= 15 is 0 Å². The van der Waals surface area contributed by atoms with Gasteiger partial charge in [-0.1, -0.05) is 0 Å². The van der Waals surface area contributed by atoms with Crippen LogP contribution in [0.3, 0.4) is 0 Å². The second-order valence-corrected chi connectivity index (χ2v) is 6.16. The van der Waals surface area contributed by atoms with E-state index in [1.54, 1.807) is 17.9 Å². The fourth-order valence-corrected chi connectivity index (χ4v) is 3.29. The van der Waals surface area contributed by atoms with Crippen molar-refractivity contribution >= 4 is 5.91 Å². The zero-order chi connectivity index (χ0) is 15.7. The maximum atomic E-state index is 12.6. The van der Waals surface area contributed by atoms with Crippen LogP contribution < -0.4 is 5.56 Å². The molecule has 0 bridgehead atoms. The molecule has 0 saturated carbocycles. The summed E-state index contributed by atoms with van der Waals surface area (Å²) in [5.41, 5.74) is 1.77. The molecule has 116 valence electrons. The Morgan fingerprint density at radius 3 is 2.82 bits per heavy atom. The van der Waals surface area contributed by atoms with Gasteiger partial charge in [0.15, 0.2) is 0 Å². The second kappa shape index (κ2) is 5.91. The van der Waals surface area contributed by atoms with Gasteiger partial charge in [0.05, 0.1) is 11.8 Å². The molecular weight excluding hydrogens is 280 g/mol. The van der Waals surface area contributed by atoms with Gasteiger partial charge in [0.2, 0.25) is 5.91 Å². The number of hydrogen-bond acceptors (Lipinski definition) is 4. The zero-order valence-electron chi connectivity index (χ0n) is 12.8. The van der Waals surface area contributed by atoms with Gasteiger partial charge in [0.25, 0.3) is 5.56 Å². The van der Waals surface area contributed by atoms with E-state index in [2.05, 4.69) is 11.2 Å². The molecule has 3 rings (SSSR count). The number of piperidine rings is 1. The zero-order valence-corrected chi connectivity index (χ0v) is 12.8. The van der Waals surface area contributed by atoms with Gasteiger partial charge in [-0.15, -0.1) is 0 Å². The molecule has 6 nitrogen and oxygen atoms in total. The average molecular weight is 300 g/mol. The summed E-state index contributed by atoms with van der Waals surface area (Å²) < 4.78 is 1.32. The number of aromatic nitrogens is 2. The predicted molar refractivity (Wildman–Crippen MR) is 80.2 cm³/mol. The van der Waals surface area contributed by atoms with Crippen molar-refractivity contribution in [1.82, 2.24) is 14.7 Å². The highest BCUT2D eigenvalue weighted by Gasteiger charge is 2.28. The van der Waals surface area contributed by atoms with E-state index in [9.17, 15) is 9.59 Å². The van der Waals surface area contributed by atoms with Crippen molar-refractivity contribution in [2.45, 2.75) is 45.1 Å². The van der Waals surface area contributed by atoms with Gasteiger partial charge in [-0.2, -0.15) is 10.4 Å². The van der Waals surface area contributed by atoms with E-state index in [0.717, 1.165) is 30.5 Å². The number of nitrogens with zero attached hydrogens (tertiary/aromatic N) is 4. The highest BCUT2D eigenvalue weighted by molar-refractivity contribution is 5.80. The van der Waals surface area contributed by atoms with E-state index in [1.807, 2.05) is 0 Å². The standard InChI is InChI=1S/C16H20N4O2/c1-11(16(22)19-7-5-12(10-17)6-8-19)20-15(21)9-13-3-2-4-14(13)18-20/h9,11-12H,2-8H2,1H3/t11-/m1/s1. The monoisotopic (exact) mass is 300 g/mol. The van der Waals surface area contributed by atoms with Crippen LogP contribution >= 0.6 is 0 Å². The molecule has 1 amide bonds. The molecule has 0 N–H and O–H groups in total. The highest BCUT2D eigenvalue weighted by Crippen LogP contribution is 2.21. The predicted octanol–water partition coefficient (Wildman–Crippen LogP) is 1.06. The lowest BCUT2D eigenvalue weighted by molar-refractivity contribution is -0.135. The average Bonchev–Trinajstić information content (AvgIpc) is 3.00. The van der Waals surface area contributed by atoms with Crippen molar-refractivity contribution in [3.8, 4) is 6.07 Å². The van der Waals surface area contributed by atoms with E-state index < -0.39 is 6.04 Å². The molecular formula is C16H20N4O2. The number of fused-ring (bicyclic) bond motifs is 1. The second-order valence-electron chi connectivity index (χ2n) is 6.16. The molecule has 1 fully saturated rings. The first-order valence-electron chi connectivity index (χ1n) is 7.90. The van der Waals surface area contributed by atoms with E-state index in [1.165, 1.54) is 4.68 Å². The minimum Gasteiger partial charge on any atom is -0.341 e. The first kappa shape index (κ1) is 14.8. The number of likely N-dealkylation sites (tertiary alicyclic amines) is 1. The molecule has 0 aromatic carbocycles. The van der Waals surface area contributed by atoms with Crippen LogP contribution in [0.25, 0.3) is 0 Å². The van der Waals surface area contributed by atoms with Gasteiger partial charge in [0, 0.05) is 25.1 Å². The Hall–Kier alpha value is -2.16. The molecule has 2 heterocycles. The molecule has 1 atom stereocenters. The third kappa shape index (κ3) is 2.63. The first-order valence-corrected chi connectivity index (χ1v) is 7.90. The number of hydrogen-bond donors (Lipinski definition) is 0. The molecule has 22 heavy (non-hydrogen) atoms. The van der Waals surface area contributed by atoms with Crippen LogP contribution in [0, 0.1) is 17.2 Å². The maximum absolute atomic E-state index is 12.6. The van der Waals surface area contributed by atoms with Gasteiger partial charge >= 0.3 is 0 Å². The molecule has 1 saturated heterocycles. The van der Waals surface area contributed by atoms with Crippen LogP contribution in [-0.2, 0) is 17.6 Å². The van der Waals surface area contributed by atoms with Crippen molar-refractivity contribution in [3.63, 3.8) is 0 Å². The van der Waals surface area contributed by atoms with E-state index in [4.69, 9.17) is 5.26 Å². The first-order chi connectivity index (χ1) is 10.6. The highest BCUT2D eigenvalue weighted by atomic mass is 16.2. The van der Waals surface area contributed by atoms with Gasteiger partial charge in [-0.05, 0) is 44.6 Å². The van der Waals surface area contributed by atoms with Crippen molar-refractivity contribution in [2.24, 2.45) is 5.92 Å². The fraction of sp³-hybridized carbons (Fsp3) is 0.625. The van der Waals surface area contributed by atoms with Crippen LogP contribution in [0.1, 0.15) is 43.5 Å². The molecule has 2 aliphatic rings. The smallest absolute Gasteiger partial charge is 0.267 e. The summed E-state index contributed by atoms with van der Waals surface area (Å²) in [5.74, 6) is -0.0378. The third-order valence-electron chi connectivity index (χ3n) is 4.70. The summed E-state index contributed by atoms with van der Waals surface area (Å²) in [6, 6.07) is 3.30. The normalized spacial score (nSPS) is 19.5.